The van der Waals surface area contributed by atoms with Crippen molar-refractivity contribution in [2.24, 2.45) is 28.9 Å². The average Bonchev–Trinajstić information content (AvgIpc) is 3.49. The maximum atomic E-state index is 14.4. The molecule has 14 heteroatoms. The van der Waals surface area contributed by atoms with Crippen LogP contribution in [-0.4, -0.2) is 78.8 Å². The van der Waals surface area contributed by atoms with Crippen molar-refractivity contribution in [3.63, 3.8) is 0 Å². The lowest BCUT2D eigenvalue weighted by atomic mass is 9.83. The predicted octanol–water partition coefficient (Wildman–Crippen LogP) is 2.99. The Morgan fingerprint density at radius 2 is 1.71 bits per heavy atom. The summed E-state index contributed by atoms with van der Waals surface area (Å²) in [5.41, 5.74) is 3.45. The highest BCUT2D eigenvalue weighted by atomic mass is 32.2. The molecule has 0 spiro atoms. The maximum Gasteiger partial charge on any atom is 0.315 e. The fraction of sp³-hybridized carbons (Fsp3) is 0.735. The number of ketones is 1. The zero-order valence-electron chi connectivity index (χ0n) is 29.1. The van der Waals surface area contributed by atoms with E-state index in [0.29, 0.717) is 25.7 Å². The quantitative estimate of drug-likeness (QED) is 0.226. The van der Waals surface area contributed by atoms with Crippen LogP contribution in [0.3, 0.4) is 0 Å². The Morgan fingerprint density at radius 3 is 2.23 bits per heavy atom. The van der Waals surface area contributed by atoms with Crippen molar-refractivity contribution in [2.45, 2.75) is 128 Å². The zero-order chi connectivity index (χ0) is 35.6. The second-order valence-corrected chi connectivity index (χ2v) is 17.5. The van der Waals surface area contributed by atoms with Gasteiger partial charge in [-0.05, 0) is 61.8 Å². The van der Waals surface area contributed by atoms with Crippen molar-refractivity contribution in [3.8, 4) is 0 Å². The van der Waals surface area contributed by atoms with E-state index in [9.17, 15) is 32.4 Å². The van der Waals surface area contributed by atoms with Gasteiger partial charge < -0.3 is 31.0 Å². The summed E-state index contributed by atoms with van der Waals surface area (Å²) in [5, 5.41) is 8.53. The molecule has 1 unspecified atom stereocenters. The molecular weight excluding hydrogens is 638 g/mol. The first-order valence-corrected chi connectivity index (χ1v) is 18.8. The number of urea groups is 1. The smallest absolute Gasteiger partial charge is 0.315 e. The summed E-state index contributed by atoms with van der Waals surface area (Å²) in [4.78, 5) is 67.8. The van der Waals surface area contributed by atoms with Crippen molar-refractivity contribution >= 4 is 39.4 Å². The number of aryl methyl sites for hydroxylation is 1. The van der Waals surface area contributed by atoms with Gasteiger partial charge in [-0.15, -0.1) is 0 Å². The van der Waals surface area contributed by atoms with Gasteiger partial charge >= 0.3 is 6.03 Å². The van der Waals surface area contributed by atoms with E-state index in [0.717, 1.165) is 32.1 Å². The number of hydrogen-bond acceptors (Lipinski definition) is 8. The number of carbonyl (C=O) groups excluding carboxylic acids is 5. The molecule has 2 heterocycles. The number of rotatable bonds is 13. The Labute approximate surface area is 283 Å². The number of carbonyl (C=O) groups is 5. The Hall–Kier alpha value is -3.42. The number of primary amides is 1. The van der Waals surface area contributed by atoms with Crippen LogP contribution >= 0.6 is 0 Å². The van der Waals surface area contributed by atoms with E-state index in [1.807, 2.05) is 13.8 Å². The van der Waals surface area contributed by atoms with Gasteiger partial charge in [-0.3, -0.25) is 19.2 Å². The monoisotopic (exact) mass is 691 g/mol. The Morgan fingerprint density at radius 1 is 1.06 bits per heavy atom. The number of nitrogens with two attached hydrogens (primary N) is 1. The van der Waals surface area contributed by atoms with E-state index in [1.165, 1.54) is 17.2 Å². The van der Waals surface area contributed by atoms with E-state index in [4.69, 9.17) is 10.2 Å². The van der Waals surface area contributed by atoms with Crippen molar-refractivity contribution in [3.05, 3.63) is 18.1 Å². The molecule has 4 rings (SSSR count). The fourth-order valence-electron chi connectivity index (χ4n) is 7.10. The Balaban J connectivity index is 1.55. The first-order valence-electron chi connectivity index (χ1n) is 17.1. The second-order valence-electron chi connectivity index (χ2n) is 15.6. The van der Waals surface area contributed by atoms with Crippen molar-refractivity contribution in [2.75, 3.05) is 12.3 Å². The minimum atomic E-state index is -3.80. The normalized spacial score (nSPS) is 22.5. The van der Waals surface area contributed by atoms with Gasteiger partial charge in [0.15, 0.2) is 9.84 Å². The predicted molar refractivity (Wildman–Crippen MR) is 178 cm³/mol. The van der Waals surface area contributed by atoms with E-state index < -0.39 is 68.5 Å². The number of sulfone groups is 1. The van der Waals surface area contributed by atoms with E-state index >= 15 is 0 Å². The molecule has 2 aliphatic carbocycles. The molecule has 4 atom stereocenters. The first-order chi connectivity index (χ1) is 22.3. The topological polar surface area (TPSA) is 198 Å². The molecule has 0 bridgehead atoms. The standard InChI is InChI=1S/C34H53N5O8S/c1-20(2)23-17-25(30(42)36-24(16-22-10-11-22)27(40)29(35)41)39(18-23)31(43)28(33(4,5)6)37-32(44)38-34(13-8-7-9-14-34)19-48(45,46)26-12-15-47-21(26)3/h12,15,20,22-25,28H,7-11,13-14,16-19H2,1-6H3,(H2,35,41)(H,36,42)(H2,37,38,44)/t23-,24?,25+,28-/m1/s1. The number of nitrogens with zero attached hydrogens (tertiary/aromatic N) is 1. The van der Waals surface area contributed by atoms with Crippen LogP contribution in [0.2, 0.25) is 0 Å². The number of furan rings is 1. The van der Waals surface area contributed by atoms with Crippen molar-refractivity contribution < 1.29 is 36.8 Å². The maximum absolute atomic E-state index is 14.4. The summed E-state index contributed by atoms with van der Waals surface area (Å²) >= 11 is 0. The summed E-state index contributed by atoms with van der Waals surface area (Å²) in [6.07, 6.45) is 7.11. The lowest BCUT2D eigenvalue weighted by Gasteiger charge is -2.40. The number of Topliss-reactive ketones (excluding diaryl/α,β-unsaturated/α-hetero) is 1. The second kappa shape index (κ2) is 14.6. The summed E-state index contributed by atoms with van der Waals surface area (Å²) in [5.74, 6) is -2.65. The van der Waals surface area contributed by atoms with Gasteiger partial charge in [0.2, 0.25) is 17.6 Å². The van der Waals surface area contributed by atoms with Crippen LogP contribution in [0, 0.1) is 30.1 Å². The Bertz CT molecular complexity index is 1490. The van der Waals surface area contributed by atoms with Crippen molar-refractivity contribution in [1.82, 2.24) is 20.9 Å². The first kappa shape index (κ1) is 37.4. The molecule has 48 heavy (non-hydrogen) atoms. The molecule has 0 radical (unpaired) electrons. The van der Waals surface area contributed by atoms with E-state index in [-0.39, 0.29) is 40.7 Å². The van der Waals surface area contributed by atoms with Gasteiger partial charge in [-0.2, -0.15) is 0 Å². The summed E-state index contributed by atoms with van der Waals surface area (Å²) in [6.45, 7) is 11.3. The van der Waals surface area contributed by atoms with Crippen molar-refractivity contribution in [1.29, 1.82) is 0 Å². The molecule has 2 saturated carbocycles. The number of hydrogen-bond donors (Lipinski definition) is 4. The molecule has 3 aliphatic rings. The highest BCUT2D eigenvalue weighted by Gasteiger charge is 2.47. The molecule has 1 aromatic rings. The number of amides is 5. The van der Waals surface area contributed by atoms with Gasteiger partial charge in [0.05, 0.1) is 23.6 Å². The summed E-state index contributed by atoms with van der Waals surface area (Å²) < 4.78 is 32.2. The molecule has 3 fully saturated rings. The van der Waals surface area contributed by atoms with E-state index in [2.05, 4.69) is 16.0 Å². The van der Waals surface area contributed by atoms with Crippen LogP contribution in [0.15, 0.2) is 21.6 Å². The van der Waals surface area contributed by atoms with Gasteiger partial charge in [0.25, 0.3) is 5.91 Å². The van der Waals surface area contributed by atoms with E-state index in [1.54, 1.807) is 27.7 Å². The molecule has 5 N–H and O–H groups in total. The Kier molecular flexibility index (Phi) is 11.4. The SMILES string of the molecule is Cc1occc1S(=O)(=O)CC1(NC(=O)N[C@H](C(=O)N2C[C@H](C(C)C)C[C@H]2C(=O)NC(CC2CC2)C(=O)C(N)=O)C(C)(C)C)CCCCC1. The van der Waals surface area contributed by atoms with Gasteiger partial charge in [-0.1, -0.05) is 66.7 Å². The van der Waals surface area contributed by atoms with Crippen LogP contribution < -0.4 is 21.7 Å². The third-order valence-electron chi connectivity index (χ3n) is 10.2. The van der Waals surface area contributed by atoms with Crippen LogP contribution in [0.5, 0.6) is 0 Å². The highest BCUT2D eigenvalue weighted by molar-refractivity contribution is 7.91. The largest absolute Gasteiger partial charge is 0.468 e. The summed E-state index contributed by atoms with van der Waals surface area (Å²) in [6, 6.07) is -2.30. The average molecular weight is 692 g/mol. The van der Waals surface area contributed by atoms with Crippen LogP contribution in [-0.2, 0) is 29.0 Å². The van der Waals surface area contributed by atoms with Gasteiger partial charge in [0, 0.05) is 6.54 Å². The molecular formula is C34H53N5O8S. The van der Waals surface area contributed by atoms with Gasteiger partial charge in [0.1, 0.15) is 22.7 Å². The fourth-order valence-corrected chi connectivity index (χ4v) is 9.09. The van der Waals surface area contributed by atoms with Crippen LogP contribution in [0.25, 0.3) is 0 Å². The third kappa shape index (κ3) is 8.97. The lowest BCUT2D eigenvalue weighted by Crippen LogP contribution is -2.63. The van der Waals surface area contributed by atoms with Crippen LogP contribution in [0.1, 0.15) is 98.2 Å². The zero-order valence-corrected chi connectivity index (χ0v) is 29.9. The highest BCUT2D eigenvalue weighted by Crippen LogP contribution is 2.36. The molecule has 1 saturated heterocycles. The molecule has 0 aromatic carbocycles. The molecule has 13 nitrogen and oxygen atoms in total. The molecule has 1 aromatic heterocycles. The minimum Gasteiger partial charge on any atom is -0.468 e. The number of nitrogens with one attached hydrogen (secondary N) is 3. The molecule has 1 aliphatic heterocycles. The third-order valence-corrected chi connectivity index (χ3v) is 12.2. The summed E-state index contributed by atoms with van der Waals surface area (Å²) in [7, 11) is -3.80. The number of likely N-dealkylation sites (tertiary alicyclic amines) is 1. The molecule has 5 amide bonds. The van der Waals surface area contributed by atoms with Crippen LogP contribution in [0.4, 0.5) is 4.79 Å². The molecule has 268 valence electrons. The van der Waals surface area contributed by atoms with Gasteiger partial charge in [-0.25, -0.2) is 13.2 Å². The lowest BCUT2D eigenvalue weighted by molar-refractivity contribution is -0.143. The minimum absolute atomic E-state index is 0.0186.